The molecule has 1 aromatic heterocycles. The van der Waals surface area contributed by atoms with Crippen LogP contribution < -0.4 is 5.56 Å². The fourth-order valence-corrected chi connectivity index (χ4v) is 4.47. The van der Waals surface area contributed by atoms with E-state index in [1.54, 1.807) is 13.8 Å². The standard InChI is InChI=1S/C17H18ClN3O4S/c1-11-12(2)19-10-21(17(11)23)9-16(22)20-7-15(8-20)26(24,25)14-5-3-13(18)4-6-14/h3-6,10,15H,7-9H2,1-2H3. The summed E-state index contributed by atoms with van der Waals surface area (Å²) in [5.74, 6) is -0.306. The molecule has 3 rings (SSSR count). The number of nitrogens with zero attached hydrogens (tertiary/aromatic N) is 3. The Balaban J connectivity index is 1.66. The summed E-state index contributed by atoms with van der Waals surface area (Å²) in [6, 6.07) is 5.97. The molecule has 1 aliphatic heterocycles. The first-order valence-corrected chi connectivity index (χ1v) is 9.92. The van der Waals surface area contributed by atoms with Crippen LogP contribution in [-0.4, -0.2) is 47.1 Å². The molecule has 1 fully saturated rings. The minimum absolute atomic E-state index is 0.108. The van der Waals surface area contributed by atoms with Crippen LogP contribution in [0.15, 0.2) is 40.3 Å². The molecule has 138 valence electrons. The third-order valence-electron chi connectivity index (χ3n) is 4.60. The number of aryl methyl sites for hydroxylation is 1. The molecule has 0 atom stereocenters. The van der Waals surface area contributed by atoms with E-state index < -0.39 is 15.1 Å². The average Bonchev–Trinajstić information content (AvgIpc) is 2.54. The molecule has 0 N–H and O–H groups in total. The monoisotopic (exact) mass is 395 g/mol. The van der Waals surface area contributed by atoms with Gasteiger partial charge in [-0.05, 0) is 38.1 Å². The molecule has 0 aliphatic carbocycles. The van der Waals surface area contributed by atoms with E-state index in [0.29, 0.717) is 16.3 Å². The van der Waals surface area contributed by atoms with Gasteiger partial charge in [-0.3, -0.25) is 14.2 Å². The Morgan fingerprint density at radius 3 is 2.46 bits per heavy atom. The molecule has 1 saturated heterocycles. The van der Waals surface area contributed by atoms with Crippen LogP contribution in [0.3, 0.4) is 0 Å². The lowest BCUT2D eigenvalue weighted by molar-refractivity contribution is -0.135. The van der Waals surface area contributed by atoms with Crippen molar-refractivity contribution in [2.45, 2.75) is 30.5 Å². The van der Waals surface area contributed by atoms with Crippen molar-refractivity contribution in [3.63, 3.8) is 0 Å². The Morgan fingerprint density at radius 1 is 1.23 bits per heavy atom. The van der Waals surface area contributed by atoms with Gasteiger partial charge in [0.05, 0.1) is 11.2 Å². The number of carbonyl (C=O) groups is 1. The summed E-state index contributed by atoms with van der Waals surface area (Å²) >= 11 is 5.78. The van der Waals surface area contributed by atoms with E-state index in [0.717, 1.165) is 0 Å². The Labute approximate surface area is 156 Å². The van der Waals surface area contributed by atoms with Crippen LogP contribution in [0.4, 0.5) is 0 Å². The number of aromatic nitrogens is 2. The summed E-state index contributed by atoms with van der Waals surface area (Å²) in [7, 11) is -3.51. The van der Waals surface area contributed by atoms with Crippen LogP contribution in [0.1, 0.15) is 11.3 Å². The Morgan fingerprint density at radius 2 is 1.85 bits per heavy atom. The van der Waals surface area contributed by atoms with Gasteiger partial charge in [0.25, 0.3) is 5.56 Å². The maximum atomic E-state index is 12.5. The van der Waals surface area contributed by atoms with E-state index in [-0.39, 0.29) is 36.0 Å². The minimum Gasteiger partial charge on any atom is -0.338 e. The maximum absolute atomic E-state index is 12.5. The van der Waals surface area contributed by atoms with E-state index in [1.165, 1.54) is 40.1 Å². The van der Waals surface area contributed by atoms with Crippen molar-refractivity contribution < 1.29 is 13.2 Å². The van der Waals surface area contributed by atoms with E-state index in [9.17, 15) is 18.0 Å². The Kier molecular flexibility index (Phi) is 4.90. The molecule has 0 bridgehead atoms. The van der Waals surface area contributed by atoms with Crippen LogP contribution in [0.5, 0.6) is 0 Å². The van der Waals surface area contributed by atoms with Gasteiger partial charge in [-0.15, -0.1) is 0 Å². The number of likely N-dealkylation sites (tertiary alicyclic amines) is 1. The SMILES string of the molecule is Cc1ncn(CC(=O)N2CC(S(=O)(=O)c3ccc(Cl)cc3)C2)c(=O)c1C. The summed E-state index contributed by atoms with van der Waals surface area (Å²) in [4.78, 5) is 30.2. The van der Waals surface area contributed by atoms with Crippen molar-refractivity contribution in [3.8, 4) is 0 Å². The highest BCUT2D eigenvalue weighted by Crippen LogP contribution is 2.25. The molecule has 0 spiro atoms. The second kappa shape index (κ2) is 6.85. The molecule has 0 unspecified atom stereocenters. The van der Waals surface area contributed by atoms with Crippen molar-refractivity contribution in [2.24, 2.45) is 0 Å². The highest BCUT2D eigenvalue weighted by molar-refractivity contribution is 7.92. The van der Waals surface area contributed by atoms with Gasteiger partial charge in [0.2, 0.25) is 5.91 Å². The first-order valence-electron chi connectivity index (χ1n) is 8.00. The average molecular weight is 396 g/mol. The van der Waals surface area contributed by atoms with E-state index in [1.807, 2.05) is 0 Å². The second-order valence-corrected chi connectivity index (χ2v) is 8.97. The number of hydrogen-bond acceptors (Lipinski definition) is 5. The molecule has 26 heavy (non-hydrogen) atoms. The quantitative estimate of drug-likeness (QED) is 0.776. The van der Waals surface area contributed by atoms with Crippen LogP contribution in [0.25, 0.3) is 0 Å². The Bertz CT molecular complexity index is 1010. The van der Waals surface area contributed by atoms with Gasteiger partial charge >= 0.3 is 0 Å². The normalized spacial score (nSPS) is 15.0. The third-order valence-corrected chi connectivity index (χ3v) is 6.96. The molecule has 2 heterocycles. The van der Waals surface area contributed by atoms with Crippen molar-refractivity contribution >= 4 is 27.3 Å². The van der Waals surface area contributed by atoms with Crippen molar-refractivity contribution in [1.29, 1.82) is 0 Å². The smallest absolute Gasteiger partial charge is 0.256 e. The molecular formula is C17H18ClN3O4S. The van der Waals surface area contributed by atoms with Gasteiger partial charge in [-0.2, -0.15) is 0 Å². The number of rotatable bonds is 4. The maximum Gasteiger partial charge on any atom is 0.256 e. The minimum atomic E-state index is -3.51. The molecule has 9 heteroatoms. The van der Waals surface area contributed by atoms with E-state index in [2.05, 4.69) is 4.98 Å². The summed E-state index contributed by atoms with van der Waals surface area (Å²) in [5, 5.41) is -0.191. The molecule has 0 radical (unpaired) electrons. The highest BCUT2D eigenvalue weighted by atomic mass is 35.5. The van der Waals surface area contributed by atoms with Crippen LogP contribution in [0.2, 0.25) is 5.02 Å². The topological polar surface area (TPSA) is 89.3 Å². The summed E-state index contributed by atoms with van der Waals surface area (Å²) in [6.07, 6.45) is 1.34. The lowest BCUT2D eigenvalue weighted by Crippen LogP contribution is -2.57. The number of benzene rings is 1. The van der Waals surface area contributed by atoms with E-state index >= 15 is 0 Å². The van der Waals surface area contributed by atoms with Gasteiger partial charge < -0.3 is 4.90 Å². The molecule has 0 saturated carbocycles. The number of hydrogen-bond donors (Lipinski definition) is 0. The molecule has 2 aromatic rings. The lowest BCUT2D eigenvalue weighted by atomic mass is 10.2. The molecule has 1 aliphatic rings. The number of amides is 1. The zero-order valence-corrected chi connectivity index (χ0v) is 15.9. The zero-order chi connectivity index (χ0) is 19.1. The fourth-order valence-electron chi connectivity index (χ4n) is 2.69. The molecular weight excluding hydrogens is 378 g/mol. The fraction of sp³-hybridized carbons (Fsp3) is 0.353. The third kappa shape index (κ3) is 3.39. The van der Waals surface area contributed by atoms with Gasteiger partial charge in [0.1, 0.15) is 11.8 Å². The summed E-state index contributed by atoms with van der Waals surface area (Å²) in [6.45, 7) is 3.45. The van der Waals surface area contributed by atoms with Crippen LogP contribution >= 0.6 is 11.6 Å². The first kappa shape index (κ1) is 18.6. The number of sulfone groups is 1. The highest BCUT2D eigenvalue weighted by Gasteiger charge is 2.40. The molecule has 7 nitrogen and oxygen atoms in total. The molecule has 1 aromatic carbocycles. The zero-order valence-electron chi connectivity index (χ0n) is 14.3. The number of halogens is 1. The van der Waals surface area contributed by atoms with Crippen molar-refractivity contribution in [1.82, 2.24) is 14.5 Å². The van der Waals surface area contributed by atoms with Crippen LogP contribution in [0, 0.1) is 13.8 Å². The predicted octanol–water partition coefficient (Wildman–Crippen LogP) is 1.20. The summed E-state index contributed by atoms with van der Waals surface area (Å²) < 4.78 is 26.3. The van der Waals surface area contributed by atoms with Gasteiger partial charge in [-0.25, -0.2) is 13.4 Å². The molecule has 1 amide bonds. The van der Waals surface area contributed by atoms with Gasteiger partial charge in [0.15, 0.2) is 9.84 Å². The van der Waals surface area contributed by atoms with Crippen molar-refractivity contribution in [3.05, 3.63) is 57.2 Å². The van der Waals surface area contributed by atoms with Gasteiger partial charge in [-0.1, -0.05) is 11.6 Å². The number of carbonyl (C=O) groups excluding carboxylic acids is 1. The first-order chi connectivity index (χ1) is 12.2. The Hall–Kier alpha value is -2.19. The largest absolute Gasteiger partial charge is 0.338 e. The van der Waals surface area contributed by atoms with Crippen molar-refractivity contribution in [2.75, 3.05) is 13.1 Å². The second-order valence-electron chi connectivity index (χ2n) is 6.31. The lowest BCUT2D eigenvalue weighted by Gasteiger charge is -2.38. The van der Waals surface area contributed by atoms with Gasteiger partial charge in [0, 0.05) is 29.4 Å². The predicted molar refractivity (Wildman–Crippen MR) is 97.0 cm³/mol. The van der Waals surface area contributed by atoms with E-state index in [4.69, 9.17) is 11.6 Å². The van der Waals surface area contributed by atoms with Crippen LogP contribution in [-0.2, 0) is 21.2 Å². The summed E-state index contributed by atoms with van der Waals surface area (Å²) in [5.41, 5.74) is 0.848.